The van der Waals surface area contributed by atoms with Gasteiger partial charge < -0.3 is 10.1 Å². The minimum atomic E-state index is -1.20. The van der Waals surface area contributed by atoms with Gasteiger partial charge in [-0.1, -0.05) is 24.3 Å². The van der Waals surface area contributed by atoms with E-state index in [-0.39, 0.29) is 5.69 Å². The summed E-state index contributed by atoms with van der Waals surface area (Å²) in [5.74, 6) is -3.11. The fourth-order valence-electron chi connectivity index (χ4n) is 1.87. The van der Waals surface area contributed by atoms with Gasteiger partial charge in [0.2, 0.25) is 0 Å². The Kier molecular flexibility index (Phi) is 4.63. The first-order valence-electron chi connectivity index (χ1n) is 6.06. The minimum absolute atomic E-state index is 0.0730. The lowest BCUT2D eigenvalue weighted by molar-refractivity contribution is 0.184. The van der Waals surface area contributed by atoms with Crippen molar-refractivity contribution in [2.45, 2.75) is 13.2 Å². The van der Waals surface area contributed by atoms with Gasteiger partial charge in [-0.25, -0.2) is 13.2 Å². The first-order valence-corrected chi connectivity index (χ1v) is 6.06. The number of methoxy groups -OCH3 is 1. The van der Waals surface area contributed by atoms with Crippen LogP contribution in [-0.2, 0) is 17.9 Å². The summed E-state index contributed by atoms with van der Waals surface area (Å²) < 4.78 is 44.5. The number of hydrogen-bond donors (Lipinski definition) is 1. The topological polar surface area (TPSA) is 21.3 Å². The van der Waals surface area contributed by atoms with Crippen LogP contribution in [0.1, 0.15) is 11.1 Å². The van der Waals surface area contributed by atoms with Crippen LogP contribution in [0.15, 0.2) is 36.4 Å². The van der Waals surface area contributed by atoms with Crippen molar-refractivity contribution < 1.29 is 17.9 Å². The maximum Gasteiger partial charge on any atom is 0.161 e. The van der Waals surface area contributed by atoms with Crippen LogP contribution in [0.3, 0.4) is 0 Å². The molecule has 5 heteroatoms. The van der Waals surface area contributed by atoms with Crippen molar-refractivity contribution in [1.82, 2.24) is 0 Å². The van der Waals surface area contributed by atoms with E-state index in [4.69, 9.17) is 4.74 Å². The van der Waals surface area contributed by atoms with Gasteiger partial charge in [-0.2, -0.15) is 0 Å². The molecule has 0 spiro atoms. The van der Waals surface area contributed by atoms with E-state index in [1.54, 1.807) is 7.11 Å². The number of ether oxygens (including phenoxy) is 1. The maximum absolute atomic E-state index is 13.5. The smallest absolute Gasteiger partial charge is 0.161 e. The average molecular weight is 281 g/mol. The molecule has 0 aromatic heterocycles. The largest absolute Gasteiger partial charge is 0.380 e. The molecule has 0 saturated carbocycles. The number of nitrogens with one attached hydrogen (secondary N) is 1. The molecule has 0 radical (unpaired) electrons. The monoisotopic (exact) mass is 281 g/mol. The summed E-state index contributed by atoms with van der Waals surface area (Å²) in [4.78, 5) is 0. The van der Waals surface area contributed by atoms with Crippen LogP contribution >= 0.6 is 0 Å². The second kappa shape index (κ2) is 6.43. The zero-order chi connectivity index (χ0) is 14.5. The summed E-state index contributed by atoms with van der Waals surface area (Å²) in [6, 6.07) is 8.80. The van der Waals surface area contributed by atoms with Crippen LogP contribution in [-0.4, -0.2) is 7.11 Å². The van der Waals surface area contributed by atoms with E-state index in [1.165, 1.54) is 0 Å². The van der Waals surface area contributed by atoms with Gasteiger partial charge in [0.05, 0.1) is 12.3 Å². The van der Waals surface area contributed by atoms with Crippen molar-refractivity contribution in [1.29, 1.82) is 0 Å². The third-order valence-electron chi connectivity index (χ3n) is 2.90. The van der Waals surface area contributed by atoms with E-state index in [2.05, 4.69) is 5.32 Å². The Bertz CT molecular complexity index is 602. The van der Waals surface area contributed by atoms with Crippen molar-refractivity contribution >= 4 is 5.69 Å². The highest BCUT2D eigenvalue weighted by Crippen LogP contribution is 2.20. The highest BCUT2D eigenvalue weighted by Gasteiger charge is 2.10. The van der Waals surface area contributed by atoms with Crippen LogP contribution in [0.5, 0.6) is 0 Å². The molecule has 2 nitrogen and oxygen atoms in total. The molecule has 2 aromatic rings. The Balaban J connectivity index is 2.15. The first kappa shape index (κ1) is 14.4. The quantitative estimate of drug-likeness (QED) is 0.840. The van der Waals surface area contributed by atoms with E-state index in [9.17, 15) is 13.2 Å². The van der Waals surface area contributed by atoms with Crippen molar-refractivity contribution in [3.63, 3.8) is 0 Å². The first-order chi connectivity index (χ1) is 9.61. The fraction of sp³-hybridized carbons (Fsp3) is 0.200. The number of benzene rings is 2. The molecule has 0 saturated heterocycles. The SMILES string of the molecule is COCc1ccccc1CNc1cc(F)c(F)cc1F. The Morgan fingerprint density at radius 3 is 2.30 bits per heavy atom. The summed E-state index contributed by atoms with van der Waals surface area (Å²) in [5, 5.41) is 2.76. The Morgan fingerprint density at radius 1 is 0.950 bits per heavy atom. The van der Waals surface area contributed by atoms with Gasteiger partial charge in [0.1, 0.15) is 5.82 Å². The Labute approximate surface area is 115 Å². The van der Waals surface area contributed by atoms with Gasteiger partial charge in [-0.15, -0.1) is 0 Å². The predicted octanol–water partition coefficient (Wildman–Crippen LogP) is 3.86. The zero-order valence-electron chi connectivity index (χ0n) is 10.9. The van der Waals surface area contributed by atoms with Gasteiger partial charge in [0, 0.05) is 25.8 Å². The fourth-order valence-corrected chi connectivity index (χ4v) is 1.87. The van der Waals surface area contributed by atoms with E-state index in [0.29, 0.717) is 19.2 Å². The molecule has 0 aliphatic carbocycles. The number of rotatable bonds is 5. The number of halogens is 3. The van der Waals surface area contributed by atoms with Gasteiger partial charge in [-0.05, 0) is 11.1 Å². The lowest BCUT2D eigenvalue weighted by Crippen LogP contribution is -2.06. The summed E-state index contributed by atoms with van der Waals surface area (Å²) in [6.45, 7) is 0.722. The van der Waals surface area contributed by atoms with Crippen LogP contribution in [0.2, 0.25) is 0 Å². The molecule has 2 aromatic carbocycles. The molecule has 0 atom stereocenters. The van der Waals surface area contributed by atoms with Gasteiger partial charge in [0.25, 0.3) is 0 Å². The van der Waals surface area contributed by atoms with E-state index in [1.807, 2.05) is 24.3 Å². The molecule has 0 aliphatic heterocycles. The average Bonchev–Trinajstić information content (AvgIpc) is 2.43. The molecule has 0 fully saturated rings. The van der Waals surface area contributed by atoms with Gasteiger partial charge in [0.15, 0.2) is 11.6 Å². The second-order valence-electron chi connectivity index (χ2n) is 4.30. The van der Waals surface area contributed by atoms with Crippen molar-refractivity contribution in [2.75, 3.05) is 12.4 Å². The number of anilines is 1. The normalized spacial score (nSPS) is 10.6. The van der Waals surface area contributed by atoms with Crippen LogP contribution in [0.4, 0.5) is 18.9 Å². The zero-order valence-corrected chi connectivity index (χ0v) is 10.9. The maximum atomic E-state index is 13.5. The molecule has 0 unspecified atom stereocenters. The molecule has 0 aliphatic rings. The summed E-state index contributed by atoms with van der Waals surface area (Å²) >= 11 is 0. The molecule has 0 amide bonds. The Morgan fingerprint density at radius 2 is 1.60 bits per heavy atom. The van der Waals surface area contributed by atoms with Crippen molar-refractivity contribution in [2.24, 2.45) is 0 Å². The van der Waals surface area contributed by atoms with Gasteiger partial charge in [-0.3, -0.25) is 0 Å². The van der Waals surface area contributed by atoms with Crippen LogP contribution in [0, 0.1) is 17.5 Å². The number of hydrogen-bond acceptors (Lipinski definition) is 2. The predicted molar refractivity (Wildman–Crippen MR) is 70.8 cm³/mol. The van der Waals surface area contributed by atoms with Crippen molar-refractivity contribution in [3.8, 4) is 0 Å². The lowest BCUT2D eigenvalue weighted by Gasteiger charge is -2.12. The van der Waals surface area contributed by atoms with E-state index < -0.39 is 17.5 Å². The highest BCUT2D eigenvalue weighted by atomic mass is 19.2. The Hall–Kier alpha value is -2.01. The lowest BCUT2D eigenvalue weighted by atomic mass is 10.1. The van der Waals surface area contributed by atoms with Crippen LogP contribution in [0.25, 0.3) is 0 Å². The molecular formula is C15H14F3NO. The van der Waals surface area contributed by atoms with E-state index in [0.717, 1.165) is 17.2 Å². The van der Waals surface area contributed by atoms with Crippen molar-refractivity contribution in [3.05, 3.63) is 65.0 Å². The molecule has 20 heavy (non-hydrogen) atoms. The molecule has 0 heterocycles. The standard InChI is InChI=1S/C15H14F3NO/c1-20-9-11-5-3-2-4-10(11)8-19-15-7-13(17)12(16)6-14(15)18/h2-7,19H,8-9H2,1H3. The third-order valence-corrected chi connectivity index (χ3v) is 2.90. The molecular weight excluding hydrogens is 267 g/mol. The summed E-state index contributed by atoms with van der Waals surface area (Å²) in [6.07, 6.45) is 0. The van der Waals surface area contributed by atoms with E-state index >= 15 is 0 Å². The highest BCUT2D eigenvalue weighted by molar-refractivity contribution is 5.46. The van der Waals surface area contributed by atoms with Crippen LogP contribution < -0.4 is 5.32 Å². The molecule has 106 valence electrons. The second-order valence-corrected chi connectivity index (χ2v) is 4.30. The minimum Gasteiger partial charge on any atom is -0.380 e. The molecule has 0 bridgehead atoms. The van der Waals surface area contributed by atoms with Gasteiger partial charge >= 0.3 is 0 Å². The third kappa shape index (κ3) is 3.30. The molecule has 1 N–H and O–H groups in total. The molecule has 2 rings (SSSR count). The summed E-state index contributed by atoms with van der Waals surface area (Å²) in [7, 11) is 1.58. The summed E-state index contributed by atoms with van der Waals surface area (Å²) in [5.41, 5.74) is 1.78.